The van der Waals surface area contributed by atoms with E-state index in [2.05, 4.69) is 128 Å². The molecule has 1 aliphatic carbocycles. The zero-order valence-corrected chi connectivity index (χ0v) is 23.7. The van der Waals surface area contributed by atoms with Gasteiger partial charge >= 0.3 is 99.2 Å². The van der Waals surface area contributed by atoms with Gasteiger partial charge in [0.15, 0.2) is 0 Å². The van der Waals surface area contributed by atoms with E-state index in [1.54, 1.807) is 0 Å². The van der Waals surface area contributed by atoms with Crippen molar-refractivity contribution in [2.45, 2.75) is 13.3 Å². The first-order valence-electron chi connectivity index (χ1n) is 11.3. The zero-order chi connectivity index (χ0) is 22.6. The van der Waals surface area contributed by atoms with E-state index in [1.165, 1.54) is 76.8 Å². The Bertz CT molecular complexity index is 1450. The van der Waals surface area contributed by atoms with Gasteiger partial charge in [0.25, 0.3) is 0 Å². The van der Waals surface area contributed by atoms with Crippen LogP contribution in [0.3, 0.4) is 0 Å². The molecule has 1 aliphatic rings. The summed E-state index contributed by atoms with van der Waals surface area (Å²) in [6.45, 7) is 2.18. The van der Waals surface area contributed by atoms with Gasteiger partial charge in [-0.3, -0.25) is 0 Å². The average Bonchev–Trinajstić information content (AvgIpc) is 3.48. The van der Waals surface area contributed by atoms with Crippen LogP contribution in [0.5, 0.6) is 0 Å². The summed E-state index contributed by atoms with van der Waals surface area (Å²) < 4.78 is 1.42. The van der Waals surface area contributed by atoms with E-state index in [0.29, 0.717) is 0 Å². The molecule has 0 N–H and O–H groups in total. The Labute approximate surface area is 234 Å². The summed E-state index contributed by atoms with van der Waals surface area (Å²) in [6, 6.07) is 38.7. The molecule has 0 fully saturated rings. The van der Waals surface area contributed by atoms with Gasteiger partial charge in [0.2, 0.25) is 0 Å². The molecule has 0 spiro atoms. The van der Waals surface area contributed by atoms with E-state index in [4.69, 9.17) is 0 Å². The molecule has 0 radical (unpaired) electrons. The van der Waals surface area contributed by atoms with Crippen molar-refractivity contribution in [1.29, 1.82) is 0 Å². The number of allylic oxidation sites excluding steroid dienone is 4. The van der Waals surface area contributed by atoms with Crippen LogP contribution in [0.4, 0.5) is 0 Å². The molecule has 3 heteroatoms. The number of hydrogen-bond donors (Lipinski definition) is 0. The Morgan fingerprint density at radius 2 is 1.26 bits per heavy atom. The van der Waals surface area contributed by atoms with Crippen LogP contribution in [-0.2, 0) is 24.2 Å². The predicted molar refractivity (Wildman–Crippen MR) is 154 cm³/mol. The van der Waals surface area contributed by atoms with E-state index in [0.717, 1.165) is 6.42 Å². The molecule has 174 valence electrons. The maximum absolute atomic E-state index is 2.33. The average molecular weight is 574 g/mol. The molecular formula is C32H27Cl2Zr-. The number of rotatable bonds is 3. The Hall–Kier alpha value is -2.44. The minimum absolute atomic E-state index is 0. The third-order valence-corrected chi connectivity index (χ3v) is 7.59. The van der Waals surface area contributed by atoms with E-state index >= 15 is 0 Å². The Morgan fingerprint density at radius 3 is 1.86 bits per heavy atom. The normalized spacial score (nSPS) is 12.0. The fraction of sp³-hybridized carbons (Fsp3) is 0.0625. The maximum atomic E-state index is 2.33. The van der Waals surface area contributed by atoms with Crippen molar-refractivity contribution in [2.24, 2.45) is 0 Å². The molecule has 0 unspecified atom stereocenters. The molecule has 0 saturated heterocycles. The molecule has 0 heterocycles. The molecule has 6 rings (SSSR count). The summed E-state index contributed by atoms with van der Waals surface area (Å²) in [6.07, 6.45) is 5.68. The summed E-state index contributed by atoms with van der Waals surface area (Å²) >= 11 is 1.46. The molecule has 0 atom stereocenters. The summed E-state index contributed by atoms with van der Waals surface area (Å²) in [5, 5.41) is 5.47. The van der Waals surface area contributed by atoms with Crippen molar-refractivity contribution < 1.29 is 24.2 Å². The van der Waals surface area contributed by atoms with Gasteiger partial charge in [-0.1, -0.05) is 65.3 Å². The predicted octanol–water partition coefficient (Wildman–Crippen LogP) is 9.09. The number of hydrogen-bond acceptors (Lipinski definition) is 0. The second kappa shape index (κ2) is 12.5. The third kappa shape index (κ3) is 6.04. The van der Waals surface area contributed by atoms with Crippen molar-refractivity contribution in [3.63, 3.8) is 0 Å². The third-order valence-electron chi connectivity index (χ3n) is 6.17. The van der Waals surface area contributed by atoms with Crippen molar-refractivity contribution in [1.82, 2.24) is 0 Å². The van der Waals surface area contributed by atoms with Gasteiger partial charge in [-0.05, 0) is 13.3 Å². The van der Waals surface area contributed by atoms with Crippen LogP contribution in [-0.4, -0.2) is 3.21 Å². The SMILES string of the molecule is CC1=CCC(c2cccc3c2[cH-]c2ccccc23)=C1.Cl.Cl.[Zr]=[C](c1ccccc1)c1ccccc1. The first-order valence-corrected chi connectivity index (χ1v) is 12.6. The fourth-order valence-corrected chi connectivity index (χ4v) is 5.31. The summed E-state index contributed by atoms with van der Waals surface area (Å²) in [5.74, 6) is 0. The fourth-order valence-electron chi connectivity index (χ4n) is 4.49. The summed E-state index contributed by atoms with van der Waals surface area (Å²) in [4.78, 5) is 0. The summed E-state index contributed by atoms with van der Waals surface area (Å²) in [5.41, 5.74) is 6.87. The van der Waals surface area contributed by atoms with Crippen molar-refractivity contribution in [3.05, 3.63) is 144 Å². The number of fused-ring (bicyclic) bond motifs is 3. The molecule has 0 aliphatic heterocycles. The van der Waals surface area contributed by atoms with Crippen LogP contribution in [0.15, 0.2) is 127 Å². The van der Waals surface area contributed by atoms with Crippen LogP contribution in [0.2, 0.25) is 0 Å². The van der Waals surface area contributed by atoms with Crippen LogP contribution in [0.1, 0.15) is 30.0 Å². The topological polar surface area (TPSA) is 0 Å². The van der Waals surface area contributed by atoms with Crippen LogP contribution < -0.4 is 0 Å². The van der Waals surface area contributed by atoms with E-state index in [-0.39, 0.29) is 24.8 Å². The van der Waals surface area contributed by atoms with Crippen LogP contribution in [0, 0.1) is 0 Å². The van der Waals surface area contributed by atoms with Gasteiger partial charge < -0.3 is 0 Å². The van der Waals surface area contributed by atoms with Gasteiger partial charge in [-0.15, -0.1) is 58.5 Å². The van der Waals surface area contributed by atoms with Crippen molar-refractivity contribution in [3.8, 4) is 0 Å². The molecular weight excluding hydrogens is 546 g/mol. The number of halogens is 2. The second-order valence-corrected chi connectivity index (χ2v) is 9.66. The molecule has 0 aromatic heterocycles. The molecule has 5 aromatic rings. The second-order valence-electron chi connectivity index (χ2n) is 8.43. The first-order chi connectivity index (χ1) is 16.2. The van der Waals surface area contributed by atoms with Gasteiger partial charge in [-0.2, -0.15) is 0 Å². The Morgan fingerprint density at radius 1 is 0.686 bits per heavy atom. The Kier molecular flexibility index (Phi) is 9.70. The van der Waals surface area contributed by atoms with Crippen LogP contribution >= 0.6 is 24.8 Å². The van der Waals surface area contributed by atoms with E-state index in [9.17, 15) is 0 Å². The zero-order valence-electron chi connectivity index (χ0n) is 19.6. The molecule has 0 nitrogen and oxygen atoms in total. The minimum atomic E-state index is 0. The Balaban J connectivity index is 0.000000193. The molecule has 0 saturated carbocycles. The van der Waals surface area contributed by atoms with E-state index < -0.39 is 0 Å². The quantitative estimate of drug-likeness (QED) is 0.189. The summed E-state index contributed by atoms with van der Waals surface area (Å²) in [7, 11) is 0. The molecule has 0 amide bonds. The number of benzene rings is 4. The van der Waals surface area contributed by atoms with Gasteiger partial charge in [0, 0.05) is 0 Å². The monoisotopic (exact) mass is 571 g/mol. The van der Waals surface area contributed by atoms with Crippen molar-refractivity contribution >= 4 is 55.1 Å². The first kappa shape index (κ1) is 27.2. The van der Waals surface area contributed by atoms with E-state index in [1.807, 2.05) is 0 Å². The standard InChI is InChI=1S/C19H15.C13H10.2ClH.Zr/c1-13-9-10-15(11-13)17-7-4-8-18-16-6-3-2-5-14(16)12-19(17)18;1-3-7-12(8-4-1)11-13-9-5-2-6-10-13;;;/h2-9,11-12H,10H2,1H3;1-10H;2*1H;/q-1;;;;. The van der Waals surface area contributed by atoms with Gasteiger partial charge in [0.05, 0.1) is 0 Å². The van der Waals surface area contributed by atoms with Crippen LogP contribution in [0.25, 0.3) is 27.1 Å². The molecule has 5 aromatic carbocycles. The van der Waals surface area contributed by atoms with Gasteiger partial charge in [0.1, 0.15) is 0 Å². The van der Waals surface area contributed by atoms with Crippen molar-refractivity contribution in [2.75, 3.05) is 0 Å². The van der Waals surface area contributed by atoms with Gasteiger partial charge in [-0.25, -0.2) is 0 Å². The molecule has 0 bridgehead atoms. The molecule has 35 heavy (non-hydrogen) atoms.